The van der Waals surface area contributed by atoms with Crippen LogP contribution in [0.1, 0.15) is 37.8 Å². The number of nitrogens with one attached hydrogen (secondary N) is 1. The second-order valence-corrected chi connectivity index (χ2v) is 10.9. The van der Waals surface area contributed by atoms with Crippen molar-refractivity contribution in [2.75, 3.05) is 11.5 Å². The Balaban J connectivity index is 1.71. The molecule has 2 amide bonds. The standard InChI is InChI=1S/C17H22N4O6S2/c1-11(12-2-4-14(5-3-12)29(18,26)27)19-17(23)15-6-7-16(22)21(20-15)13-8-9-28(24,25)10-13/h2-5,11,13H,6-10H2,1H3,(H,19,23)(H2,18,26,27)/t11-,13+/m0/s1. The van der Waals surface area contributed by atoms with Crippen LogP contribution in [0.5, 0.6) is 0 Å². The smallest absolute Gasteiger partial charge is 0.267 e. The number of carbonyl (C=O) groups excluding carboxylic acids is 2. The molecule has 1 aromatic carbocycles. The predicted octanol–water partition coefficient (Wildman–Crippen LogP) is -0.323. The molecule has 12 heteroatoms. The fourth-order valence-electron chi connectivity index (χ4n) is 3.30. The quantitative estimate of drug-likeness (QED) is 0.636. The summed E-state index contributed by atoms with van der Waals surface area (Å²) in [6.07, 6.45) is 0.553. The van der Waals surface area contributed by atoms with Gasteiger partial charge >= 0.3 is 0 Å². The van der Waals surface area contributed by atoms with Gasteiger partial charge in [0, 0.05) is 12.8 Å². The van der Waals surface area contributed by atoms with Crippen LogP contribution in [0.3, 0.4) is 0 Å². The molecule has 0 bridgehead atoms. The van der Waals surface area contributed by atoms with E-state index in [0.717, 1.165) is 5.01 Å². The molecule has 1 saturated heterocycles. The first-order valence-electron chi connectivity index (χ1n) is 9.00. The number of nitrogens with two attached hydrogens (primary N) is 1. The number of hydrogen-bond donors (Lipinski definition) is 2. The van der Waals surface area contributed by atoms with E-state index in [1.165, 1.54) is 12.1 Å². The van der Waals surface area contributed by atoms with Gasteiger partial charge in [-0.25, -0.2) is 27.0 Å². The second kappa shape index (κ2) is 7.84. The fraction of sp³-hybridized carbons (Fsp3) is 0.471. The minimum Gasteiger partial charge on any atom is -0.344 e. The number of hydrogen-bond acceptors (Lipinski definition) is 7. The van der Waals surface area contributed by atoms with Crippen LogP contribution in [0.2, 0.25) is 0 Å². The molecule has 3 N–H and O–H groups in total. The first kappa shape index (κ1) is 21.4. The van der Waals surface area contributed by atoms with Gasteiger partial charge in [0.25, 0.3) is 5.91 Å². The van der Waals surface area contributed by atoms with Gasteiger partial charge < -0.3 is 5.32 Å². The van der Waals surface area contributed by atoms with Crippen LogP contribution < -0.4 is 10.5 Å². The molecule has 0 aromatic heterocycles. The number of primary sulfonamides is 1. The Morgan fingerprint density at radius 3 is 2.48 bits per heavy atom. The molecule has 0 radical (unpaired) electrons. The van der Waals surface area contributed by atoms with Crippen molar-refractivity contribution in [1.82, 2.24) is 10.3 Å². The Kier molecular flexibility index (Phi) is 5.79. The lowest BCUT2D eigenvalue weighted by molar-refractivity contribution is -0.133. The van der Waals surface area contributed by atoms with Crippen molar-refractivity contribution in [3.63, 3.8) is 0 Å². The lowest BCUT2D eigenvalue weighted by atomic mass is 10.1. The largest absolute Gasteiger partial charge is 0.344 e. The van der Waals surface area contributed by atoms with Crippen LogP contribution in [-0.2, 0) is 29.4 Å². The van der Waals surface area contributed by atoms with E-state index >= 15 is 0 Å². The van der Waals surface area contributed by atoms with Crippen molar-refractivity contribution in [2.45, 2.75) is 43.2 Å². The SMILES string of the molecule is C[C@H](NC(=O)C1=NN([C@@H]2CCS(=O)(=O)C2)C(=O)CC1)c1ccc(S(N)(=O)=O)cc1. The number of sulfonamides is 1. The molecule has 29 heavy (non-hydrogen) atoms. The molecule has 1 aromatic rings. The van der Waals surface area contributed by atoms with Gasteiger partial charge in [-0.15, -0.1) is 0 Å². The van der Waals surface area contributed by atoms with E-state index in [1.54, 1.807) is 19.1 Å². The van der Waals surface area contributed by atoms with Gasteiger partial charge in [-0.3, -0.25) is 9.59 Å². The maximum Gasteiger partial charge on any atom is 0.267 e. The number of hydrazone groups is 1. The molecule has 0 spiro atoms. The normalized spacial score (nSPS) is 22.8. The molecule has 2 aliphatic rings. The van der Waals surface area contributed by atoms with E-state index in [4.69, 9.17) is 5.14 Å². The van der Waals surface area contributed by atoms with Gasteiger partial charge in [-0.2, -0.15) is 5.10 Å². The van der Waals surface area contributed by atoms with Crippen LogP contribution in [0.4, 0.5) is 0 Å². The van der Waals surface area contributed by atoms with E-state index in [1.807, 2.05) is 0 Å². The summed E-state index contributed by atoms with van der Waals surface area (Å²) in [6, 6.07) is 4.81. The Labute approximate surface area is 169 Å². The summed E-state index contributed by atoms with van der Waals surface area (Å²) < 4.78 is 46.0. The van der Waals surface area contributed by atoms with Crippen LogP contribution in [0.25, 0.3) is 0 Å². The molecule has 0 unspecified atom stereocenters. The minimum atomic E-state index is -3.80. The summed E-state index contributed by atoms with van der Waals surface area (Å²) >= 11 is 0. The third kappa shape index (κ3) is 5.00. The molecule has 3 rings (SSSR count). The molecule has 158 valence electrons. The van der Waals surface area contributed by atoms with Gasteiger partial charge in [0.2, 0.25) is 15.9 Å². The van der Waals surface area contributed by atoms with Gasteiger partial charge in [0.1, 0.15) is 5.71 Å². The number of rotatable bonds is 5. The Morgan fingerprint density at radius 2 is 1.93 bits per heavy atom. The van der Waals surface area contributed by atoms with Gasteiger partial charge in [0.05, 0.1) is 28.5 Å². The number of carbonyl (C=O) groups is 2. The monoisotopic (exact) mass is 442 g/mol. The molecule has 10 nitrogen and oxygen atoms in total. The van der Waals surface area contributed by atoms with Crippen LogP contribution in [0, 0.1) is 0 Å². The van der Waals surface area contributed by atoms with Crippen LogP contribution in [0.15, 0.2) is 34.3 Å². The van der Waals surface area contributed by atoms with E-state index in [9.17, 15) is 26.4 Å². The summed E-state index contributed by atoms with van der Waals surface area (Å²) in [5.74, 6) is -0.907. The second-order valence-electron chi connectivity index (χ2n) is 7.15. The highest BCUT2D eigenvalue weighted by Gasteiger charge is 2.37. The summed E-state index contributed by atoms with van der Waals surface area (Å²) in [6.45, 7) is 1.72. The molecule has 2 atom stereocenters. The van der Waals surface area contributed by atoms with Crippen LogP contribution >= 0.6 is 0 Å². The topological polar surface area (TPSA) is 156 Å². The summed E-state index contributed by atoms with van der Waals surface area (Å²) in [5.41, 5.74) is 0.818. The first-order chi connectivity index (χ1) is 13.5. The van der Waals surface area contributed by atoms with Crippen molar-refractivity contribution < 1.29 is 26.4 Å². The van der Waals surface area contributed by atoms with Crippen molar-refractivity contribution in [1.29, 1.82) is 0 Å². The van der Waals surface area contributed by atoms with Gasteiger partial charge in [-0.1, -0.05) is 12.1 Å². The average Bonchev–Trinajstić information content (AvgIpc) is 3.01. The van der Waals surface area contributed by atoms with E-state index in [2.05, 4.69) is 10.4 Å². The highest BCUT2D eigenvalue weighted by atomic mass is 32.2. The third-order valence-electron chi connectivity index (χ3n) is 4.93. The highest BCUT2D eigenvalue weighted by Crippen LogP contribution is 2.22. The highest BCUT2D eigenvalue weighted by molar-refractivity contribution is 7.91. The number of nitrogens with zero attached hydrogens (tertiary/aromatic N) is 2. The Hall–Kier alpha value is -2.31. The van der Waals surface area contributed by atoms with E-state index in [0.29, 0.717) is 12.0 Å². The van der Waals surface area contributed by atoms with E-state index in [-0.39, 0.29) is 40.9 Å². The van der Waals surface area contributed by atoms with Gasteiger partial charge in [0.15, 0.2) is 9.84 Å². The molecular formula is C17H22N4O6S2. The fourth-order valence-corrected chi connectivity index (χ4v) is 5.51. The first-order valence-corrected chi connectivity index (χ1v) is 12.4. The maximum atomic E-state index is 12.6. The molecule has 2 aliphatic heterocycles. The van der Waals surface area contributed by atoms with E-state index < -0.39 is 37.9 Å². The summed E-state index contributed by atoms with van der Waals surface area (Å²) in [4.78, 5) is 24.7. The van der Waals surface area contributed by atoms with Crippen LogP contribution in [-0.4, -0.2) is 56.9 Å². The molecule has 1 fully saturated rings. The lowest BCUT2D eigenvalue weighted by Crippen LogP contribution is -2.44. The van der Waals surface area contributed by atoms with Crippen molar-refractivity contribution in [3.05, 3.63) is 29.8 Å². The number of benzene rings is 1. The van der Waals surface area contributed by atoms with Gasteiger partial charge in [-0.05, 0) is 31.0 Å². The number of amides is 2. The summed E-state index contributed by atoms with van der Waals surface area (Å²) in [7, 11) is -6.99. The minimum absolute atomic E-state index is 0.00401. The zero-order valence-electron chi connectivity index (χ0n) is 15.7. The molecule has 0 saturated carbocycles. The molecule has 0 aliphatic carbocycles. The maximum absolute atomic E-state index is 12.6. The lowest BCUT2D eigenvalue weighted by Gasteiger charge is -2.28. The zero-order chi connectivity index (χ0) is 21.4. The molecule has 2 heterocycles. The Morgan fingerprint density at radius 1 is 1.28 bits per heavy atom. The third-order valence-corrected chi connectivity index (χ3v) is 7.61. The Bertz CT molecular complexity index is 1060. The van der Waals surface area contributed by atoms with Crippen molar-refractivity contribution in [2.24, 2.45) is 10.2 Å². The predicted molar refractivity (Wildman–Crippen MR) is 105 cm³/mol. The average molecular weight is 443 g/mol. The van der Waals surface area contributed by atoms with Crippen molar-refractivity contribution >= 4 is 37.4 Å². The number of sulfone groups is 1. The van der Waals surface area contributed by atoms with Crippen molar-refractivity contribution in [3.8, 4) is 0 Å². The summed E-state index contributed by atoms with van der Waals surface area (Å²) in [5, 5.41) is 13.1. The molecular weight excluding hydrogens is 420 g/mol. The zero-order valence-corrected chi connectivity index (χ0v) is 17.4.